The Morgan fingerprint density at radius 3 is 2.08 bits per heavy atom. The Bertz CT molecular complexity index is 212. The molecule has 2 bridgehead atoms. The summed E-state index contributed by atoms with van der Waals surface area (Å²) in [6, 6.07) is 0. The van der Waals surface area contributed by atoms with E-state index in [-0.39, 0.29) is 5.41 Å². The first-order valence-corrected chi connectivity index (χ1v) is 4.11. The molecule has 0 aromatic rings. The summed E-state index contributed by atoms with van der Waals surface area (Å²) < 4.78 is 20.1. The highest BCUT2D eigenvalue weighted by Crippen LogP contribution is 2.38. The van der Waals surface area contributed by atoms with Crippen LogP contribution in [0.2, 0.25) is 0 Å². The maximum atomic E-state index is 11.3. The number of hydrogen-bond donors (Lipinski definition) is 0. The van der Waals surface area contributed by atoms with Gasteiger partial charge in [-0.15, -0.1) is 0 Å². The molecule has 3 fully saturated rings. The fourth-order valence-corrected chi connectivity index (χ4v) is 1.36. The van der Waals surface area contributed by atoms with Crippen LogP contribution in [0.5, 0.6) is 0 Å². The highest BCUT2D eigenvalue weighted by Gasteiger charge is 2.56. The second-order valence-corrected chi connectivity index (χ2v) is 3.72. The molecule has 5 heteroatoms. The summed E-state index contributed by atoms with van der Waals surface area (Å²) >= 11 is 0. The van der Waals surface area contributed by atoms with Crippen LogP contribution in [-0.4, -0.2) is 38.9 Å². The molecular formula is C8H12O5. The molecule has 3 rings (SSSR count). The van der Waals surface area contributed by atoms with Crippen LogP contribution in [0.4, 0.5) is 0 Å². The van der Waals surface area contributed by atoms with Gasteiger partial charge >= 0.3 is 11.9 Å². The second kappa shape index (κ2) is 2.67. The molecule has 0 unspecified atom stereocenters. The molecule has 0 aliphatic carbocycles. The van der Waals surface area contributed by atoms with Crippen molar-refractivity contribution in [3.05, 3.63) is 0 Å². The summed E-state index contributed by atoms with van der Waals surface area (Å²) in [4.78, 5) is 11.3. The first-order chi connectivity index (χ1) is 6.10. The van der Waals surface area contributed by atoms with Gasteiger partial charge in [0.2, 0.25) is 0 Å². The lowest BCUT2D eigenvalue weighted by atomic mass is 9.92. The van der Waals surface area contributed by atoms with Crippen LogP contribution in [-0.2, 0) is 23.7 Å². The predicted octanol–water partition coefficient (Wildman–Crippen LogP) is -0.104. The molecule has 0 amide bonds. The number of carbonyl (C=O) groups excluding carboxylic acids is 1. The molecule has 3 aliphatic rings. The van der Waals surface area contributed by atoms with E-state index in [1.165, 1.54) is 7.11 Å². The number of esters is 1. The molecule has 3 aliphatic heterocycles. The third-order valence-corrected chi connectivity index (χ3v) is 2.27. The number of ether oxygens (including phenoxy) is 4. The van der Waals surface area contributed by atoms with Crippen LogP contribution in [0.1, 0.15) is 6.92 Å². The summed E-state index contributed by atoms with van der Waals surface area (Å²) in [7, 11) is 1.27. The minimum Gasteiger partial charge on any atom is -0.463 e. The Morgan fingerprint density at radius 2 is 1.69 bits per heavy atom. The lowest BCUT2D eigenvalue weighted by molar-refractivity contribution is -0.446. The molecule has 3 heterocycles. The van der Waals surface area contributed by atoms with Gasteiger partial charge in [-0.25, -0.2) is 4.79 Å². The Morgan fingerprint density at radius 1 is 1.23 bits per heavy atom. The molecule has 5 nitrogen and oxygen atoms in total. The zero-order chi connectivity index (χ0) is 9.53. The van der Waals surface area contributed by atoms with Crippen LogP contribution in [0, 0.1) is 5.41 Å². The highest BCUT2D eigenvalue weighted by molar-refractivity contribution is 5.76. The van der Waals surface area contributed by atoms with Crippen LogP contribution < -0.4 is 0 Å². The van der Waals surface area contributed by atoms with E-state index in [9.17, 15) is 4.79 Å². The Labute approximate surface area is 75.9 Å². The molecule has 0 atom stereocenters. The average molecular weight is 188 g/mol. The molecule has 13 heavy (non-hydrogen) atoms. The van der Waals surface area contributed by atoms with Crippen molar-refractivity contribution in [1.82, 2.24) is 0 Å². The van der Waals surface area contributed by atoms with E-state index < -0.39 is 11.9 Å². The maximum Gasteiger partial charge on any atom is 0.397 e. The van der Waals surface area contributed by atoms with E-state index in [0.29, 0.717) is 19.8 Å². The van der Waals surface area contributed by atoms with Crippen LogP contribution >= 0.6 is 0 Å². The number of carbonyl (C=O) groups is 1. The molecule has 0 saturated carbocycles. The minimum atomic E-state index is -1.59. The normalized spacial score (nSPS) is 43.2. The first kappa shape index (κ1) is 8.93. The van der Waals surface area contributed by atoms with Gasteiger partial charge in [0.25, 0.3) is 0 Å². The lowest BCUT2D eigenvalue weighted by Gasteiger charge is -2.48. The van der Waals surface area contributed by atoms with E-state index >= 15 is 0 Å². The zero-order valence-corrected chi connectivity index (χ0v) is 7.66. The number of rotatable bonds is 1. The SMILES string of the molecule is COC(=O)C12OCC(C)(CO1)CO2. The Balaban J connectivity index is 2.15. The monoisotopic (exact) mass is 188 g/mol. The molecule has 3 saturated heterocycles. The van der Waals surface area contributed by atoms with Crippen LogP contribution in [0.25, 0.3) is 0 Å². The van der Waals surface area contributed by atoms with E-state index in [2.05, 4.69) is 4.74 Å². The fraction of sp³-hybridized carbons (Fsp3) is 0.875. The average Bonchev–Trinajstić information content (AvgIpc) is 2.18. The third-order valence-electron chi connectivity index (χ3n) is 2.27. The summed E-state index contributed by atoms with van der Waals surface area (Å²) in [6.45, 7) is 3.36. The highest BCUT2D eigenvalue weighted by atomic mass is 16.9. The summed E-state index contributed by atoms with van der Waals surface area (Å²) in [5, 5.41) is 0. The van der Waals surface area contributed by atoms with Gasteiger partial charge in [0.1, 0.15) is 0 Å². The van der Waals surface area contributed by atoms with Gasteiger partial charge in [-0.1, -0.05) is 6.92 Å². The van der Waals surface area contributed by atoms with Crippen molar-refractivity contribution in [2.45, 2.75) is 12.9 Å². The Kier molecular flexibility index (Phi) is 1.83. The van der Waals surface area contributed by atoms with E-state index in [0.717, 1.165) is 0 Å². The fourth-order valence-electron chi connectivity index (χ4n) is 1.36. The lowest BCUT2D eigenvalue weighted by Crippen LogP contribution is -2.62. The molecule has 0 aromatic heterocycles. The first-order valence-electron chi connectivity index (χ1n) is 4.11. The van der Waals surface area contributed by atoms with Crippen LogP contribution in [0.3, 0.4) is 0 Å². The van der Waals surface area contributed by atoms with Crippen molar-refractivity contribution in [2.24, 2.45) is 5.41 Å². The quantitative estimate of drug-likeness (QED) is 0.538. The van der Waals surface area contributed by atoms with Crippen molar-refractivity contribution in [3.63, 3.8) is 0 Å². The standard InChI is InChI=1S/C8H12O5/c1-7-3-11-8(12-4-7,13-5-7)6(9)10-2/h3-5H2,1-2H3. The van der Waals surface area contributed by atoms with Gasteiger partial charge in [-0.2, -0.15) is 0 Å². The largest absolute Gasteiger partial charge is 0.463 e. The van der Waals surface area contributed by atoms with Crippen LogP contribution in [0.15, 0.2) is 0 Å². The maximum absolute atomic E-state index is 11.3. The van der Waals surface area contributed by atoms with Crippen molar-refractivity contribution in [2.75, 3.05) is 26.9 Å². The van der Waals surface area contributed by atoms with Gasteiger partial charge in [0.05, 0.1) is 26.9 Å². The number of fused-ring (bicyclic) bond motifs is 3. The summed E-state index contributed by atoms with van der Waals surface area (Å²) in [5.41, 5.74) is -0.129. The second-order valence-electron chi connectivity index (χ2n) is 3.72. The predicted molar refractivity (Wildman–Crippen MR) is 40.7 cm³/mol. The molecule has 0 radical (unpaired) electrons. The molecule has 0 aromatic carbocycles. The van der Waals surface area contributed by atoms with Gasteiger partial charge in [-0.3, -0.25) is 0 Å². The number of methoxy groups -OCH3 is 1. The number of hydrogen-bond acceptors (Lipinski definition) is 5. The van der Waals surface area contributed by atoms with Crippen molar-refractivity contribution in [1.29, 1.82) is 0 Å². The van der Waals surface area contributed by atoms with Crippen molar-refractivity contribution < 1.29 is 23.7 Å². The Hall–Kier alpha value is -0.650. The topological polar surface area (TPSA) is 54.0 Å². The smallest absolute Gasteiger partial charge is 0.397 e. The van der Waals surface area contributed by atoms with Crippen molar-refractivity contribution >= 4 is 5.97 Å². The summed E-state index contributed by atoms with van der Waals surface area (Å²) in [6.07, 6.45) is 0. The van der Waals surface area contributed by atoms with Gasteiger partial charge < -0.3 is 18.9 Å². The van der Waals surface area contributed by atoms with E-state index in [1.807, 2.05) is 6.92 Å². The van der Waals surface area contributed by atoms with Gasteiger partial charge in [0, 0.05) is 5.41 Å². The van der Waals surface area contributed by atoms with Gasteiger partial charge in [0.15, 0.2) is 0 Å². The summed E-state index contributed by atoms with van der Waals surface area (Å²) in [5.74, 6) is -2.22. The molecular weight excluding hydrogens is 176 g/mol. The van der Waals surface area contributed by atoms with E-state index in [1.54, 1.807) is 0 Å². The minimum absolute atomic E-state index is 0.129. The molecule has 74 valence electrons. The van der Waals surface area contributed by atoms with Gasteiger partial charge in [-0.05, 0) is 0 Å². The van der Waals surface area contributed by atoms with Crippen molar-refractivity contribution in [3.8, 4) is 0 Å². The molecule has 0 N–H and O–H groups in total. The molecule has 0 spiro atoms. The zero-order valence-electron chi connectivity index (χ0n) is 7.66. The van der Waals surface area contributed by atoms with E-state index in [4.69, 9.17) is 14.2 Å². The third kappa shape index (κ3) is 1.23.